The van der Waals surface area contributed by atoms with Gasteiger partial charge in [0.15, 0.2) is 34.7 Å². The molecule has 7 atom stereocenters. The van der Waals surface area contributed by atoms with E-state index in [9.17, 15) is 48.2 Å². The van der Waals surface area contributed by atoms with E-state index in [1.807, 2.05) is 20.8 Å². The van der Waals surface area contributed by atoms with E-state index < -0.39 is 87.6 Å². The fraction of sp³-hybridized carbons (Fsp3) is 0.600. The predicted molar refractivity (Wildman–Crippen MR) is 447 cm³/mol. The summed E-state index contributed by atoms with van der Waals surface area (Å²) in [5.41, 5.74) is 3.45. The topological polar surface area (TPSA) is 313 Å². The Kier molecular flexibility index (Phi) is 24.9. The first-order valence-corrected chi connectivity index (χ1v) is 44.2. The first-order chi connectivity index (χ1) is 58.8. The molecule has 17 rings (SSSR count). The number of carboxylic acids is 1. The molecule has 8 heterocycles. The highest BCUT2D eigenvalue weighted by molar-refractivity contribution is 6.32. The number of amides is 6. The van der Waals surface area contributed by atoms with Gasteiger partial charge in [0.1, 0.15) is 48.3 Å². The molecule has 6 aliphatic heterocycles. The number of fused-ring (bicyclic) bond motifs is 3. The monoisotopic (exact) mass is 1780 g/mol. The lowest BCUT2D eigenvalue weighted by atomic mass is 9.66. The summed E-state index contributed by atoms with van der Waals surface area (Å²) in [6.45, 7) is 15.5. The van der Waals surface area contributed by atoms with Crippen molar-refractivity contribution in [3.63, 3.8) is 0 Å². The number of phenolic OH excluding ortho intramolecular Hbond substituents is 1. The number of likely N-dealkylation sites (tertiary alicyclic amines) is 3. The molecule has 28 nitrogen and oxygen atoms in total. The predicted octanol–water partition coefficient (Wildman–Crippen LogP) is 14.1. The van der Waals surface area contributed by atoms with Crippen LogP contribution in [-0.4, -0.2) is 196 Å². The Labute approximate surface area is 733 Å². The van der Waals surface area contributed by atoms with Crippen molar-refractivity contribution in [2.45, 2.75) is 220 Å². The van der Waals surface area contributed by atoms with E-state index in [1.165, 1.54) is 24.1 Å². The minimum atomic E-state index is -1.20. The second-order valence-electron chi connectivity index (χ2n) is 37.7. The highest BCUT2D eigenvalue weighted by Gasteiger charge is 2.58. The fourth-order valence-corrected chi connectivity index (χ4v) is 20.9. The molecule has 3 saturated heterocycles. The average Bonchev–Trinajstić information content (AvgIpc) is 1.12. The van der Waals surface area contributed by atoms with Gasteiger partial charge < -0.3 is 63.1 Å². The summed E-state index contributed by atoms with van der Waals surface area (Å²) in [7, 11) is 6.62. The quantitative estimate of drug-likeness (QED) is 0.0671. The van der Waals surface area contributed by atoms with Crippen molar-refractivity contribution in [1.82, 2.24) is 59.4 Å². The molecule has 5 saturated carbocycles. The molecule has 8 fully saturated rings. The van der Waals surface area contributed by atoms with Crippen molar-refractivity contribution in [1.29, 1.82) is 0 Å². The second-order valence-corrected chi connectivity index (χ2v) is 38.9. The van der Waals surface area contributed by atoms with Crippen molar-refractivity contribution in [3.8, 4) is 28.7 Å². The van der Waals surface area contributed by atoms with Gasteiger partial charge in [-0.2, -0.15) is 0 Å². The minimum absolute atomic E-state index is 0.00289. The third-order valence-corrected chi connectivity index (χ3v) is 29.3. The Balaban J connectivity index is 0.000000150. The number of esters is 1. The number of carbonyl (C=O) groups is 8. The van der Waals surface area contributed by atoms with Crippen LogP contribution in [0.5, 0.6) is 28.7 Å². The number of nitrogens with zero attached hydrogens (tertiary/aromatic N) is 12. The smallest absolute Gasteiger partial charge is 0.410 e. The number of phenols is 1. The van der Waals surface area contributed by atoms with E-state index in [1.54, 1.807) is 101 Å². The summed E-state index contributed by atoms with van der Waals surface area (Å²) in [6, 6.07) is 6.63. The molecule has 0 bridgehead atoms. The molecule has 11 aliphatic rings. The second kappa shape index (κ2) is 34.6. The van der Waals surface area contributed by atoms with Crippen LogP contribution in [0, 0.1) is 70.2 Å². The lowest BCUT2D eigenvalue weighted by molar-refractivity contribution is -0.169. The molecule has 4 aromatic carbocycles. The zero-order valence-corrected chi connectivity index (χ0v) is 74.5. The number of rotatable bonds is 20. The summed E-state index contributed by atoms with van der Waals surface area (Å²) in [5.74, 6) is -4.94. The summed E-state index contributed by atoms with van der Waals surface area (Å²) < 4.78 is 84.0. The standard InChI is InChI=1S/C39H47ClFN5O7.C30H37ClFN5O5.C21H26ClFN2O4/c1-23-30(42-43-44(23)3)21-52-35-29(41)17-28(40)26-11-15-46(31(34(26)35)19-45-22-39(13-14-39)18-33(45)47)36(48)27-8-6-7-12-38(27,2)37(49)53-20-24-9-10-25(50-4)16-32(24)51-5;1-17-22(33-34-35(17)3)15-42-26-21(32)12-20(31)18-7-11-37(27(39)19-6-4-5-8-29(19,2)28(40)41)23(25(18)26)14-36-16-30(9-10-30)13-24(36)38;1-20(2,3)29-19(28)25-7-4-12-13(22)8-14(23)18(27)17(12)15(25)10-24-11-21(5-6-21)9-16(24)26/h9-10,16-17,27,31H,6-8,11-15,18-22H2,1-5H3;12,19,23H,4-11,13-16H2,1-3H3,(H,40,41);8,15,27H,4-7,9-11H2,1-3H3/t27-,31+,38-;19-,23+,29-;15-/m001/s1. The van der Waals surface area contributed by atoms with E-state index in [0.717, 1.165) is 81.7 Å². The molecule has 3 spiro atoms. The van der Waals surface area contributed by atoms with Gasteiger partial charge in [0.2, 0.25) is 29.5 Å². The Bertz CT molecular complexity index is 5240. The SMILES string of the molecule is CC(C)(C)OC(=O)N1CCc2c(Cl)cc(F)c(O)c2[C@H]1CN1CC2(CC2)CC1=O.COc1ccc(COC(=O)[C@@]2(C)CCCC[C@H]2C(=O)N2CCc3c(Cl)cc(F)c(OCc4nnn(C)c4C)c3[C@H]2CN2CC3(CC3)CC2=O)c(OC)c1.Cc1c(COc2c(F)cc(Cl)c3c2[C@@H](CN2CC4(CC4)CC2=O)N(C(=O)[C@@H]2CCCC[C@]2(C)C(=O)O)CC3)nnn1C. The number of aliphatic carboxylic acids is 1. The molecular formula is C90H110Cl3F3N12O16. The number of hydrogen-bond acceptors (Lipinski definition) is 19. The molecule has 5 aliphatic carbocycles. The average molecular weight is 1780 g/mol. The molecule has 6 aromatic rings. The van der Waals surface area contributed by atoms with Crippen molar-refractivity contribution in [3.05, 3.63) is 131 Å². The van der Waals surface area contributed by atoms with Crippen LogP contribution in [0.15, 0.2) is 36.4 Å². The van der Waals surface area contributed by atoms with Gasteiger partial charge in [0.25, 0.3) is 0 Å². The Morgan fingerprint density at radius 2 is 0.960 bits per heavy atom. The van der Waals surface area contributed by atoms with Gasteiger partial charge in [-0.05, 0) is 195 Å². The van der Waals surface area contributed by atoms with Crippen LogP contribution in [-0.2, 0) is 96.2 Å². The van der Waals surface area contributed by atoms with Crippen LogP contribution >= 0.6 is 34.8 Å². The van der Waals surface area contributed by atoms with Crippen LogP contribution in [0.1, 0.15) is 224 Å². The lowest BCUT2D eigenvalue weighted by Crippen LogP contribution is -2.53. The number of ether oxygens (including phenoxy) is 6. The fourth-order valence-electron chi connectivity index (χ4n) is 20.1. The number of carboxylic acid groups (broad SMARTS) is 1. The Morgan fingerprint density at radius 3 is 1.35 bits per heavy atom. The first kappa shape index (κ1) is 89.2. The lowest BCUT2D eigenvalue weighted by Gasteiger charge is -2.45. The van der Waals surface area contributed by atoms with E-state index in [4.69, 9.17) is 63.2 Å². The van der Waals surface area contributed by atoms with Crippen LogP contribution in [0.4, 0.5) is 18.0 Å². The number of halogens is 6. The number of carbonyl (C=O) groups excluding carboxylic acids is 7. The van der Waals surface area contributed by atoms with Gasteiger partial charge in [0.05, 0.1) is 66.4 Å². The number of aromatic nitrogens is 6. The van der Waals surface area contributed by atoms with Gasteiger partial charge in [0, 0.05) is 136 Å². The van der Waals surface area contributed by atoms with Crippen LogP contribution in [0.3, 0.4) is 0 Å². The zero-order chi connectivity index (χ0) is 88.8. The molecular weight excluding hydrogens is 1670 g/mol. The van der Waals surface area contributed by atoms with Crippen LogP contribution < -0.4 is 18.9 Å². The van der Waals surface area contributed by atoms with Crippen LogP contribution in [0.2, 0.25) is 15.1 Å². The maximum Gasteiger partial charge on any atom is 0.410 e. The maximum atomic E-state index is 16.1. The Morgan fingerprint density at radius 1 is 0.548 bits per heavy atom. The van der Waals surface area contributed by atoms with Crippen molar-refractivity contribution >= 4 is 82.4 Å². The van der Waals surface area contributed by atoms with E-state index >= 15 is 13.6 Å². The zero-order valence-electron chi connectivity index (χ0n) is 72.2. The first-order valence-electron chi connectivity index (χ1n) is 43.0. The van der Waals surface area contributed by atoms with E-state index in [0.29, 0.717) is 147 Å². The van der Waals surface area contributed by atoms with E-state index in [-0.39, 0.29) is 130 Å². The summed E-state index contributed by atoms with van der Waals surface area (Å²) in [6.07, 6.45) is 12.8. The van der Waals surface area contributed by atoms with Gasteiger partial charge in [-0.1, -0.05) is 70.9 Å². The van der Waals surface area contributed by atoms with Crippen molar-refractivity contribution in [2.75, 3.05) is 73.1 Å². The van der Waals surface area contributed by atoms with Crippen molar-refractivity contribution < 1.29 is 90.2 Å². The number of aryl methyl sites for hydroxylation is 2. The molecule has 0 unspecified atom stereocenters. The summed E-state index contributed by atoms with van der Waals surface area (Å²) in [5, 5.41) is 37.7. The largest absolute Gasteiger partial charge is 0.505 e. The van der Waals surface area contributed by atoms with Crippen molar-refractivity contribution in [2.24, 2.45) is 53.0 Å². The third kappa shape index (κ3) is 17.6. The van der Waals surface area contributed by atoms with Gasteiger partial charge >= 0.3 is 18.0 Å². The third-order valence-electron chi connectivity index (χ3n) is 28.3. The van der Waals surface area contributed by atoms with Crippen LogP contribution in [0.25, 0.3) is 0 Å². The number of hydrogen-bond donors (Lipinski definition) is 2. The molecule has 2 N–H and O–H groups in total. The summed E-state index contributed by atoms with van der Waals surface area (Å²) >= 11 is 19.6. The number of methoxy groups -OCH3 is 2. The van der Waals surface area contributed by atoms with Gasteiger partial charge in [-0.3, -0.25) is 47.8 Å². The molecule has 668 valence electrons. The Hall–Kier alpha value is -9.62. The molecule has 34 heteroatoms. The molecule has 2 aromatic heterocycles. The van der Waals surface area contributed by atoms with Gasteiger partial charge in [-0.25, -0.2) is 18.0 Å². The highest BCUT2D eigenvalue weighted by atomic mass is 35.5. The molecule has 0 radical (unpaired) electrons. The number of aromatic hydroxyl groups is 1. The molecule has 124 heavy (non-hydrogen) atoms. The normalized spacial score (nSPS) is 24.2. The van der Waals surface area contributed by atoms with E-state index in [2.05, 4.69) is 20.6 Å². The minimum Gasteiger partial charge on any atom is -0.505 e. The summed E-state index contributed by atoms with van der Waals surface area (Å²) in [4.78, 5) is 118. The van der Waals surface area contributed by atoms with Gasteiger partial charge in [-0.15, -0.1) is 10.2 Å². The number of benzene rings is 4. The molecule has 6 amide bonds. The maximum absolute atomic E-state index is 16.1. The highest BCUT2D eigenvalue weighted by Crippen LogP contribution is 2.58.